The zero-order chi connectivity index (χ0) is 20.4. The lowest BCUT2D eigenvalue weighted by Gasteiger charge is -2.17. The minimum Gasteiger partial charge on any atom is -0.358 e. The highest BCUT2D eigenvalue weighted by Gasteiger charge is 2.32. The number of hydrogen-bond donors (Lipinski definition) is 1. The quantitative estimate of drug-likeness (QED) is 0.529. The molecule has 1 aromatic heterocycles. The maximum Gasteiger partial charge on any atom is 0.269 e. The summed E-state index contributed by atoms with van der Waals surface area (Å²) in [4.78, 5) is 33.9. The number of para-hydroxylation sites is 1. The number of carbonyl (C=O) groups is 1. The SMILES string of the molecule is Cc1cc(NC2CCN(c3ccccc3)C2=O)nc(-c2ccc([N+](=O)[O-])cc2)n1. The van der Waals surface area contributed by atoms with Gasteiger partial charge in [-0.05, 0) is 37.6 Å². The lowest BCUT2D eigenvalue weighted by Crippen LogP contribution is -2.33. The van der Waals surface area contributed by atoms with E-state index in [1.165, 1.54) is 12.1 Å². The second kappa shape index (κ2) is 7.67. The molecular weight excluding hydrogens is 370 g/mol. The lowest BCUT2D eigenvalue weighted by atomic mass is 10.2. The Balaban J connectivity index is 1.54. The van der Waals surface area contributed by atoms with Gasteiger partial charge in [0.2, 0.25) is 5.91 Å². The summed E-state index contributed by atoms with van der Waals surface area (Å²) in [7, 11) is 0. The van der Waals surface area contributed by atoms with Crippen LogP contribution in [0.1, 0.15) is 12.1 Å². The smallest absolute Gasteiger partial charge is 0.269 e. The predicted molar refractivity (Wildman–Crippen MR) is 110 cm³/mol. The van der Waals surface area contributed by atoms with Gasteiger partial charge in [0.1, 0.15) is 11.9 Å². The molecule has 1 saturated heterocycles. The van der Waals surface area contributed by atoms with Gasteiger partial charge in [0.15, 0.2) is 5.82 Å². The van der Waals surface area contributed by atoms with Gasteiger partial charge in [-0.2, -0.15) is 0 Å². The topological polar surface area (TPSA) is 101 Å². The largest absolute Gasteiger partial charge is 0.358 e. The number of nitrogens with zero attached hydrogens (tertiary/aromatic N) is 4. The molecule has 0 saturated carbocycles. The van der Waals surface area contributed by atoms with Gasteiger partial charge in [-0.15, -0.1) is 0 Å². The number of hydrogen-bond acceptors (Lipinski definition) is 6. The Morgan fingerprint density at radius 1 is 1.10 bits per heavy atom. The number of anilines is 2. The van der Waals surface area contributed by atoms with Gasteiger partial charge in [-0.25, -0.2) is 9.97 Å². The van der Waals surface area contributed by atoms with Crippen molar-refractivity contribution in [3.05, 3.63) is 76.5 Å². The third-order valence-corrected chi connectivity index (χ3v) is 4.79. The van der Waals surface area contributed by atoms with Gasteiger partial charge in [-0.3, -0.25) is 14.9 Å². The number of nitrogens with one attached hydrogen (secondary N) is 1. The van der Waals surface area contributed by atoms with Crippen LogP contribution in [0, 0.1) is 17.0 Å². The number of aryl methyl sites for hydroxylation is 1. The van der Waals surface area contributed by atoms with Crippen LogP contribution in [0.5, 0.6) is 0 Å². The number of benzene rings is 2. The van der Waals surface area contributed by atoms with Gasteiger partial charge in [0.05, 0.1) is 4.92 Å². The van der Waals surface area contributed by atoms with Crippen LogP contribution in [0.15, 0.2) is 60.7 Å². The van der Waals surface area contributed by atoms with E-state index in [1.54, 1.807) is 23.1 Å². The second-order valence-corrected chi connectivity index (χ2v) is 6.83. The third kappa shape index (κ3) is 3.91. The first kappa shape index (κ1) is 18.5. The van der Waals surface area contributed by atoms with Crippen LogP contribution < -0.4 is 10.2 Å². The maximum absolute atomic E-state index is 12.8. The predicted octanol–water partition coefficient (Wildman–Crippen LogP) is 3.58. The molecule has 8 heteroatoms. The second-order valence-electron chi connectivity index (χ2n) is 6.83. The van der Waals surface area contributed by atoms with Gasteiger partial charge in [0, 0.05) is 41.7 Å². The van der Waals surface area contributed by atoms with E-state index in [-0.39, 0.29) is 17.6 Å². The molecule has 1 unspecified atom stereocenters. The summed E-state index contributed by atoms with van der Waals surface area (Å²) in [6.45, 7) is 2.48. The van der Waals surface area contributed by atoms with Crippen LogP contribution in [-0.4, -0.2) is 33.4 Å². The monoisotopic (exact) mass is 389 g/mol. The van der Waals surface area contributed by atoms with E-state index in [0.717, 1.165) is 11.4 Å². The summed E-state index contributed by atoms with van der Waals surface area (Å²) in [5, 5.41) is 14.1. The highest BCUT2D eigenvalue weighted by Crippen LogP contribution is 2.25. The van der Waals surface area contributed by atoms with Crippen molar-refractivity contribution in [3.8, 4) is 11.4 Å². The molecule has 29 heavy (non-hydrogen) atoms. The van der Waals surface area contributed by atoms with Crippen molar-refractivity contribution in [2.75, 3.05) is 16.8 Å². The van der Waals surface area contributed by atoms with E-state index in [0.29, 0.717) is 30.2 Å². The lowest BCUT2D eigenvalue weighted by molar-refractivity contribution is -0.384. The molecule has 1 aliphatic heterocycles. The van der Waals surface area contributed by atoms with Crippen molar-refractivity contribution in [1.82, 2.24) is 9.97 Å². The first-order valence-corrected chi connectivity index (χ1v) is 9.25. The van der Waals surface area contributed by atoms with Gasteiger partial charge < -0.3 is 10.2 Å². The highest BCUT2D eigenvalue weighted by molar-refractivity contribution is 6.00. The third-order valence-electron chi connectivity index (χ3n) is 4.79. The Morgan fingerprint density at radius 3 is 2.52 bits per heavy atom. The molecule has 146 valence electrons. The Morgan fingerprint density at radius 2 is 1.83 bits per heavy atom. The summed E-state index contributed by atoms with van der Waals surface area (Å²) < 4.78 is 0. The van der Waals surface area contributed by atoms with Crippen molar-refractivity contribution < 1.29 is 9.72 Å². The van der Waals surface area contributed by atoms with E-state index >= 15 is 0 Å². The molecule has 0 aliphatic carbocycles. The van der Waals surface area contributed by atoms with Crippen molar-refractivity contribution in [2.45, 2.75) is 19.4 Å². The van der Waals surface area contributed by atoms with Gasteiger partial charge in [-0.1, -0.05) is 18.2 Å². The molecular formula is C21H19N5O3. The standard InChI is InChI=1S/C21H19N5O3/c1-14-13-19(24-20(22-14)15-7-9-17(10-8-15)26(28)29)23-18-11-12-25(21(18)27)16-5-3-2-4-6-16/h2-10,13,18H,11-12H2,1H3,(H,22,23,24). The van der Waals surface area contributed by atoms with Crippen molar-refractivity contribution in [2.24, 2.45) is 0 Å². The average Bonchev–Trinajstić information content (AvgIpc) is 3.08. The molecule has 2 aromatic carbocycles. The first-order chi connectivity index (χ1) is 14.0. The fraction of sp³-hybridized carbons (Fsp3) is 0.190. The van der Waals surface area contributed by atoms with Crippen LogP contribution in [-0.2, 0) is 4.79 Å². The van der Waals surface area contributed by atoms with E-state index in [1.807, 2.05) is 37.3 Å². The molecule has 3 aromatic rings. The van der Waals surface area contributed by atoms with Crippen molar-refractivity contribution >= 4 is 23.1 Å². The maximum atomic E-state index is 12.8. The van der Waals surface area contributed by atoms with E-state index in [9.17, 15) is 14.9 Å². The summed E-state index contributed by atoms with van der Waals surface area (Å²) in [6.07, 6.45) is 0.670. The number of rotatable bonds is 5. The molecule has 1 atom stereocenters. The summed E-state index contributed by atoms with van der Waals surface area (Å²) >= 11 is 0. The normalized spacial score (nSPS) is 16.1. The molecule has 1 aliphatic rings. The number of amides is 1. The fourth-order valence-corrected chi connectivity index (χ4v) is 3.36. The molecule has 8 nitrogen and oxygen atoms in total. The van der Waals surface area contributed by atoms with Crippen LogP contribution in [0.25, 0.3) is 11.4 Å². The molecule has 1 N–H and O–H groups in total. The molecule has 1 fully saturated rings. The Bertz CT molecular complexity index is 1050. The van der Waals surface area contributed by atoms with Crippen LogP contribution >= 0.6 is 0 Å². The molecule has 0 spiro atoms. The zero-order valence-electron chi connectivity index (χ0n) is 15.8. The molecule has 0 radical (unpaired) electrons. The van der Waals surface area contributed by atoms with Crippen molar-refractivity contribution in [1.29, 1.82) is 0 Å². The Labute approximate surface area is 167 Å². The molecule has 1 amide bonds. The molecule has 0 bridgehead atoms. The number of carbonyl (C=O) groups excluding carboxylic acids is 1. The summed E-state index contributed by atoms with van der Waals surface area (Å²) in [5.74, 6) is 1.01. The number of aromatic nitrogens is 2. The van der Waals surface area contributed by atoms with E-state index in [2.05, 4.69) is 15.3 Å². The van der Waals surface area contributed by atoms with E-state index < -0.39 is 4.92 Å². The van der Waals surface area contributed by atoms with E-state index in [4.69, 9.17) is 0 Å². The van der Waals surface area contributed by atoms with Crippen LogP contribution in [0.4, 0.5) is 17.2 Å². The fourth-order valence-electron chi connectivity index (χ4n) is 3.36. The number of nitro benzene ring substituents is 1. The van der Waals surface area contributed by atoms with Crippen LogP contribution in [0.3, 0.4) is 0 Å². The minimum atomic E-state index is -0.446. The number of non-ortho nitro benzene ring substituents is 1. The number of nitro groups is 1. The molecule has 4 rings (SSSR count). The average molecular weight is 389 g/mol. The summed E-state index contributed by atoms with van der Waals surface area (Å²) in [5.41, 5.74) is 2.30. The van der Waals surface area contributed by atoms with Crippen molar-refractivity contribution in [3.63, 3.8) is 0 Å². The Kier molecular flexibility index (Phi) is 4.90. The summed E-state index contributed by atoms with van der Waals surface area (Å²) in [6, 6.07) is 17.1. The van der Waals surface area contributed by atoms with Gasteiger partial charge >= 0.3 is 0 Å². The minimum absolute atomic E-state index is 0.00403. The zero-order valence-corrected chi connectivity index (χ0v) is 15.8. The van der Waals surface area contributed by atoms with Crippen LogP contribution in [0.2, 0.25) is 0 Å². The van der Waals surface area contributed by atoms with Gasteiger partial charge in [0.25, 0.3) is 5.69 Å². The highest BCUT2D eigenvalue weighted by atomic mass is 16.6. The Hall–Kier alpha value is -3.81. The molecule has 2 heterocycles. The first-order valence-electron chi connectivity index (χ1n) is 9.25.